The maximum Gasteiger partial charge on any atom is 0.278 e. The van der Waals surface area contributed by atoms with Gasteiger partial charge in [-0.1, -0.05) is 56.6 Å². The van der Waals surface area contributed by atoms with E-state index in [1.54, 1.807) is 24.3 Å². The zero-order valence-electron chi connectivity index (χ0n) is 31.9. The highest BCUT2D eigenvalue weighted by molar-refractivity contribution is 6.31. The number of anilines is 1. The van der Waals surface area contributed by atoms with Crippen molar-refractivity contribution in [2.45, 2.75) is 65.1 Å². The predicted octanol–water partition coefficient (Wildman–Crippen LogP) is 4.52. The lowest BCUT2D eigenvalue weighted by Gasteiger charge is -2.63. The fourth-order valence-corrected chi connectivity index (χ4v) is 9.98. The number of hydrogen-bond acceptors (Lipinski definition) is 10. The molecule has 13 nitrogen and oxygen atoms in total. The Morgan fingerprint density at radius 1 is 0.982 bits per heavy atom. The molecule has 14 heteroatoms. The van der Waals surface area contributed by atoms with Crippen LogP contribution in [0.25, 0.3) is 10.9 Å². The van der Waals surface area contributed by atoms with E-state index >= 15 is 0 Å². The highest BCUT2D eigenvalue weighted by atomic mass is 35.5. The van der Waals surface area contributed by atoms with Crippen molar-refractivity contribution in [1.82, 2.24) is 30.5 Å². The molecule has 1 aliphatic carbocycles. The lowest BCUT2D eigenvalue weighted by molar-refractivity contribution is -0.164. The molecule has 3 aliphatic heterocycles. The smallest absolute Gasteiger partial charge is 0.278 e. The molecule has 56 heavy (non-hydrogen) atoms. The number of amides is 3. The zero-order chi connectivity index (χ0) is 39.5. The van der Waals surface area contributed by atoms with E-state index in [2.05, 4.69) is 64.5 Å². The SMILES string of the molecule is CC1(C)C(NC(=O)c2ccc(CCN3CC4CN(c5ccc6nnn(C7CCC(=O)NC7=O)c(=O)c6c5)CC4C3)cc2)C(C)(C)C1Oc1ccc(C#N)c(Cl)c1. The van der Waals surface area contributed by atoms with Gasteiger partial charge in [-0.2, -0.15) is 9.94 Å². The molecule has 290 valence electrons. The number of ether oxygens (including phenoxy) is 1. The number of rotatable bonds is 9. The topological polar surface area (TPSA) is 163 Å². The Morgan fingerprint density at radius 2 is 1.70 bits per heavy atom. The van der Waals surface area contributed by atoms with Gasteiger partial charge in [0.2, 0.25) is 5.91 Å². The van der Waals surface area contributed by atoms with E-state index in [9.17, 15) is 24.4 Å². The van der Waals surface area contributed by atoms with Crippen LogP contribution in [0.1, 0.15) is 68.1 Å². The van der Waals surface area contributed by atoms with Crippen LogP contribution in [0.4, 0.5) is 5.69 Å². The Morgan fingerprint density at radius 3 is 2.36 bits per heavy atom. The molecular weight excluding hydrogens is 732 g/mol. The van der Waals surface area contributed by atoms with Gasteiger partial charge in [-0.3, -0.25) is 24.5 Å². The Kier molecular flexibility index (Phi) is 9.61. The first-order chi connectivity index (χ1) is 26.7. The van der Waals surface area contributed by atoms with Gasteiger partial charge in [-0.05, 0) is 72.7 Å². The lowest BCUT2D eigenvalue weighted by Crippen LogP contribution is -2.74. The maximum atomic E-state index is 13.4. The second-order valence-electron chi connectivity index (χ2n) is 16.9. The summed E-state index contributed by atoms with van der Waals surface area (Å²) in [4.78, 5) is 55.8. The first kappa shape index (κ1) is 37.6. The second-order valence-corrected chi connectivity index (χ2v) is 17.3. The summed E-state index contributed by atoms with van der Waals surface area (Å²) < 4.78 is 7.48. The Bertz CT molecular complexity index is 2310. The van der Waals surface area contributed by atoms with Gasteiger partial charge in [0, 0.05) is 73.3 Å². The van der Waals surface area contributed by atoms with Crippen LogP contribution in [0.3, 0.4) is 0 Å². The van der Waals surface area contributed by atoms with Crippen LogP contribution in [0.5, 0.6) is 5.75 Å². The van der Waals surface area contributed by atoms with E-state index in [4.69, 9.17) is 16.3 Å². The van der Waals surface area contributed by atoms with Crippen molar-refractivity contribution in [2.24, 2.45) is 22.7 Å². The number of nitrogens with one attached hydrogen (secondary N) is 2. The highest BCUT2D eigenvalue weighted by Crippen LogP contribution is 2.55. The minimum Gasteiger partial charge on any atom is -0.489 e. The third kappa shape index (κ3) is 6.79. The third-order valence-electron chi connectivity index (χ3n) is 12.5. The van der Waals surface area contributed by atoms with E-state index in [1.807, 2.05) is 36.4 Å². The van der Waals surface area contributed by atoms with E-state index in [1.165, 1.54) is 5.56 Å². The van der Waals surface area contributed by atoms with Crippen LogP contribution >= 0.6 is 11.6 Å². The summed E-state index contributed by atoms with van der Waals surface area (Å²) in [5, 5.41) is 23.7. The number of fused-ring (bicyclic) bond motifs is 2. The lowest BCUT2D eigenvalue weighted by atomic mass is 9.49. The molecule has 3 amide bonds. The molecule has 4 heterocycles. The molecule has 3 aromatic carbocycles. The van der Waals surface area contributed by atoms with Crippen LogP contribution in [0.2, 0.25) is 5.02 Å². The number of aromatic nitrogens is 3. The monoisotopic (exact) mass is 776 g/mol. The quantitative estimate of drug-likeness (QED) is 0.231. The fourth-order valence-electron chi connectivity index (χ4n) is 9.76. The van der Waals surface area contributed by atoms with Gasteiger partial charge in [0.25, 0.3) is 17.4 Å². The van der Waals surface area contributed by atoms with Crippen molar-refractivity contribution < 1.29 is 19.1 Å². The number of carbonyl (C=O) groups is 3. The number of carbonyl (C=O) groups excluding carboxylic acids is 3. The van der Waals surface area contributed by atoms with E-state index in [0.717, 1.165) is 49.5 Å². The van der Waals surface area contributed by atoms with E-state index < -0.39 is 11.9 Å². The summed E-state index contributed by atoms with van der Waals surface area (Å²) in [5.41, 5.74) is 2.54. The summed E-state index contributed by atoms with van der Waals surface area (Å²) >= 11 is 6.24. The molecule has 0 radical (unpaired) electrons. The van der Waals surface area contributed by atoms with Gasteiger partial charge in [0.05, 0.1) is 16.0 Å². The summed E-state index contributed by atoms with van der Waals surface area (Å²) in [6.45, 7) is 13.1. The number of hydrogen-bond donors (Lipinski definition) is 2. The fraction of sp³-hybridized carbons (Fsp3) is 0.452. The minimum absolute atomic E-state index is 0.112. The summed E-state index contributed by atoms with van der Waals surface area (Å²) in [6, 6.07) is 19.7. The van der Waals surface area contributed by atoms with Gasteiger partial charge in [0.1, 0.15) is 29.5 Å². The van der Waals surface area contributed by atoms with Gasteiger partial charge in [-0.15, -0.1) is 5.10 Å². The molecule has 4 fully saturated rings. The van der Waals surface area contributed by atoms with E-state index in [0.29, 0.717) is 44.6 Å². The molecule has 0 spiro atoms. The largest absolute Gasteiger partial charge is 0.489 e. The molecule has 2 N–H and O–H groups in total. The molecule has 8 rings (SSSR count). The molecule has 3 saturated heterocycles. The van der Waals surface area contributed by atoms with Crippen molar-refractivity contribution in [1.29, 1.82) is 5.26 Å². The summed E-state index contributed by atoms with van der Waals surface area (Å²) in [7, 11) is 0. The number of likely N-dealkylation sites (tertiary alicyclic amines) is 1. The molecule has 1 aromatic heterocycles. The van der Waals surface area contributed by atoms with Gasteiger partial charge >= 0.3 is 0 Å². The van der Waals surface area contributed by atoms with Crippen LogP contribution < -0.4 is 25.8 Å². The standard InChI is InChI=1S/C42H45ClN8O5/c1-41(2)39(42(3,4)40(41)56-30-11-9-26(19-44)32(43)18-30)46-36(53)25-7-5-24(6-8-25)15-16-49-20-27-22-50(23-28(27)21-49)29-10-12-33-31(17-29)38(55)51(48-47-33)34-13-14-35(52)45-37(34)54/h5-12,17-18,27-28,34,39-40H,13-16,20-23H2,1-4H3,(H,46,53)(H,45,52,54). The molecule has 0 bridgehead atoms. The highest BCUT2D eigenvalue weighted by Gasteiger charge is 2.64. The average molecular weight is 777 g/mol. The molecule has 3 unspecified atom stereocenters. The van der Waals surface area contributed by atoms with Gasteiger partial charge < -0.3 is 19.9 Å². The number of benzene rings is 3. The van der Waals surface area contributed by atoms with Crippen molar-refractivity contribution in [3.63, 3.8) is 0 Å². The van der Waals surface area contributed by atoms with Crippen LogP contribution in [-0.2, 0) is 16.0 Å². The average Bonchev–Trinajstić information content (AvgIpc) is 3.75. The normalized spacial score (nSPS) is 25.3. The number of nitrogens with zero attached hydrogens (tertiary/aromatic N) is 6. The Balaban J connectivity index is 0.829. The van der Waals surface area contributed by atoms with E-state index in [-0.39, 0.29) is 53.2 Å². The van der Waals surface area contributed by atoms with Gasteiger partial charge in [0.15, 0.2) is 0 Å². The molecule has 1 saturated carbocycles. The maximum absolute atomic E-state index is 13.4. The Labute approximate surface area is 329 Å². The first-order valence-electron chi connectivity index (χ1n) is 19.2. The third-order valence-corrected chi connectivity index (χ3v) is 12.8. The van der Waals surface area contributed by atoms with Crippen LogP contribution in [0, 0.1) is 34.0 Å². The van der Waals surface area contributed by atoms with Crippen LogP contribution in [-0.4, -0.2) is 82.5 Å². The van der Waals surface area contributed by atoms with Crippen molar-refractivity contribution in [3.05, 3.63) is 92.7 Å². The second kappa shape index (κ2) is 14.3. The molecule has 4 aliphatic rings. The van der Waals surface area contributed by atoms with Crippen molar-refractivity contribution >= 4 is 45.9 Å². The molecule has 3 atom stereocenters. The van der Waals surface area contributed by atoms with Crippen LogP contribution in [0.15, 0.2) is 65.5 Å². The van der Waals surface area contributed by atoms with Crippen molar-refractivity contribution in [2.75, 3.05) is 37.6 Å². The molecular formula is C42H45ClN8O5. The summed E-state index contributed by atoms with van der Waals surface area (Å²) in [5.74, 6) is 0.634. The Hall–Kier alpha value is -5.32. The first-order valence-corrected chi connectivity index (χ1v) is 19.6. The predicted molar refractivity (Wildman–Crippen MR) is 210 cm³/mol. The molecule has 4 aromatic rings. The minimum atomic E-state index is -0.855. The zero-order valence-corrected chi connectivity index (χ0v) is 32.7. The van der Waals surface area contributed by atoms with Gasteiger partial charge in [-0.25, -0.2) is 0 Å². The summed E-state index contributed by atoms with van der Waals surface area (Å²) in [6.07, 6.45) is 1.08. The number of piperidine rings is 1. The number of nitriles is 1. The number of halogens is 1. The van der Waals surface area contributed by atoms with Crippen molar-refractivity contribution in [3.8, 4) is 11.8 Å². The number of imide groups is 1.